The van der Waals surface area contributed by atoms with Gasteiger partial charge in [-0.1, -0.05) is 5.16 Å². The molecule has 1 unspecified atom stereocenters. The topological polar surface area (TPSA) is 48.6 Å². The predicted molar refractivity (Wildman–Crippen MR) is 101 cm³/mol. The Morgan fingerprint density at radius 1 is 1.15 bits per heavy atom. The van der Waals surface area contributed by atoms with Gasteiger partial charge in [0.1, 0.15) is 17.8 Å². The Hall–Kier alpha value is -1.92. The molecule has 0 bridgehead atoms. The van der Waals surface area contributed by atoms with E-state index in [2.05, 4.69) is 38.0 Å². The van der Waals surface area contributed by atoms with Gasteiger partial charge in [0.2, 0.25) is 0 Å². The van der Waals surface area contributed by atoms with Crippen LogP contribution in [0.2, 0.25) is 0 Å². The van der Waals surface area contributed by atoms with Gasteiger partial charge >= 0.3 is 0 Å². The Balaban J connectivity index is 1.24. The van der Waals surface area contributed by atoms with E-state index < -0.39 is 0 Å². The quantitative estimate of drug-likeness (QED) is 0.844. The first-order valence-corrected chi connectivity index (χ1v) is 9.76. The van der Waals surface area contributed by atoms with Crippen LogP contribution in [0.4, 0.5) is 5.82 Å². The average Bonchev–Trinajstić information content (AvgIpc) is 3.32. The largest absolute Gasteiger partial charge is 0.364 e. The summed E-state index contributed by atoms with van der Waals surface area (Å²) >= 11 is 0. The van der Waals surface area contributed by atoms with Crippen molar-refractivity contribution in [2.75, 3.05) is 51.2 Å². The van der Waals surface area contributed by atoms with Crippen LogP contribution in [0.3, 0.4) is 0 Å². The van der Waals surface area contributed by atoms with Gasteiger partial charge in [0.15, 0.2) is 0 Å². The van der Waals surface area contributed by atoms with E-state index in [0.29, 0.717) is 5.41 Å². The lowest BCUT2D eigenvalue weighted by molar-refractivity contribution is 0.0204. The van der Waals surface area contributed by atoms with E-state index in [1.165, 1.54) is 32.4 Å². The van der Waals surface area contributed by atoms with Crippen LogP contribution in [0, 0.1) is 5.41 Å². The number of likely N-dealkylation sites (tertiary alicyclic amines) is 1. The molecule has 1 spiro atoms. The fourth-order valence-corrected chi connectivity index (χ4v) is 5.37. The molecule has 3 aliphatic rings. The second-order valence-corrected chi connectivity index (χ2v) is 8.35. The third-order valence-electron chi connectivity index (χ3n) is 6.52. The first kappa shape index (κ1) is 16.3. The van der Waals surface area contributed by atoms with Crippen LogP contribution in [-0.2, 0) is 0 Å². The van der Waals surface area contributed by atoms with Crippen molar-refractivity contribution in [2.24, 2.45) is 5.41 Å². The molecule has 2 aromatic rings. The summed E-state index contributed by atoms with van der Waals surface area (Å²) in [5.41, 5.74) is 2.56. The van der Waals surface area contributed by atoms with Gasteiger partial charge < -0.3 is 14.3 Å². The van der Waals surface area contributed by atoms with Crippen LogP contribution in [-0.4, -0.2) is 72.3 Å². The van der Waals surface area contributed by atoms with Gasteiger partial charge in [-0.2, -0.15) is 0 Å². The van der Waals surface area contributed by atoms with Gasteiger partial charge in [-0.3, -0.25) is 4.90 Å². The normalized spacial score (nSPS) is 26.3. The van der Waals surface area contributed by atoms with Gasteiger partial charge in [0, 0.05) is 63.1 Å². The molecule has 26 heavy (non-hydrogen) atoms. The summed E-state index contributed by atoms with van der Waals surface area (Å²) in [5.74, 6) is 1.03. The molecule has 6 nitrogen and oxygen atoms in total. The second-order valence-electron chi connectivity index (χ2n) is 8.35. The summed E-state index contributed by atoms with van der Waals surface area (Å²) < 4.78 is 5.03. The standard InChI is InChI=1S/C20H27N5O/c1-23-14-20(15-23)6-4-16(13-20)24-8-10-25(11-9-24)19-17(3-2-7-21-19)18-5-12-26-22-18/h2-3,5,7,12,16H,4,6,8-11,13-15H2,1H3. The number of nitrogens with zero attached hydrogens (tertiary/aromatic N) is 5. The fraction of sp³-hybridized carbons (Fsp3) is 0.600. The first-order chi connectivity index (χ1) is 12.7. The molecule has 0 amide bonds. The first-order valence-electron chi connectivity index (χ1n) is 9.76. The Labute approximate surface area is 154 Å². The molecule has 3 fully saturated rings. The SMILES string of the molecule is CN1CC2(CCC(N3CCN(c4ncccc4-c4ccon4)CC3)C2)C1. The van der Waals surface area contributed by atoms with Gasteiger partial charge in [-0.05, 0) is 43.9 Å². The molecule has 4 heterocycles. The highest BCUT2D eigenvalue weighted by Gasteiger charge is 2.48. The van der Waals surface area contributed by atoms with Crippen molar-refractivity contribution < 1.29 is 4.52 Å². The molecule has 2 aromatic heterocycles. The summed E-state index contributed by atoms with van der Waals surface area (Å²) in [7, 11) is 2.25. The summed E-state index contributed by atoms with van der Waals surface area (Å²) in [6.07, 6.45) is 7.68. The molecule has 5 rings (SSSR count). The molecule has 6 heteroatoms. The highest BCUT2D eigenvalue weighted by molar-refractivity contribution is 5.72. The molecule has 2 aliphatic heterocycles. The molecule has 2 saturated heterocycles. The van der Waals surface area contributed by atoms with E-state index in [0.717, 1.165) is 49.3 Å². The van der Waals surface area contributed by atoms with Crippen molar-refractivity contribution in [3.63, 3.8) is 0 Å². The average molecular weight is 353 g/mol. The molecule has 1 aliphatic carbocycles. The number of anilines is 1. The summed E-state index contributed by atoms with van der Waals surface area (Å²) in [6.45, 7) is 6.93. The molecular weight excluding hydrogens is 326 g/mol. The van der Waals surface area contributed by atoms with E-state index in [4.69, 9.17) is 4.52 Å². The van der Waals surface area contributed by atoms with Crippen LogP contribution in [0.25, 0.3) is 11.3 Å². The molecule has 0 radical (unpaired) electrons. The van der Waals surface area contributed by atoms with Crippen molar-refractivity contribution >= 4 is 5.82 Å². The van der Waals surface area contributed by atoms with Crippen molar-refractivity contribution in [1.29, 1.82) is 0 Å². The zero-order valence-electron chi connectivity index (χ0n) is 15.5. The number of hydrogen-bond donors (Lipinski definition) is 0. The van der Waals surface area contributed by atoms with Crippen LogP contribution >= 0.6 is 0 Å². The Kier molecular flexibility index (Phi) is 3.98. The number of rotatable bonds is 3. The molecule has 138 valence electrons. The number of aromatic nitrogens is 2. The minimum atomic E-state index is 0.637. The predicted octanol–water partition coefficient (Wildman–Crippen LogP) is 2.34. The highest BCUT2D eigenvalue weighted by Crippen LogP contribution is 2.46. The smallest absolute Gasteiger partial charge is 0.138 e. The van der Waals surface area contributed by atoms with Crippen molar-refractivity contribution in [3.05, 3.63) is 30.7 Å². The van der Waals surface area contributed by atoms with Crippen molar-refractivity contribution in [2.45, 2.75) is 25.3 Å². The molecular formula is C20H27N5O. The number of pyridine rings is 1. The maximum absolute atomic E-state index is 5.03. The maximum atomic E-state index is 5.03. The third-order valence-corrected chi connectivity index (χ3v) is 6.52. The van der Waals surface area contributed by atoms with E-state index in [1.54, 1.807) is 6.26 Å². The van der Waals surface area contributed by atoms with Gasteiger partial charge in [0.05, 0.1) is 0 Å². The van der Waals surface area contributed by atoms with E-state index >= 15 is 0 Å². The second kappa shape index (κ2) is 6.35. The fourth-order valence-electron chi connectivity index (χ4n) is 5.37. The lowest BCUT2D eigenvalue weighted by Crippen LogP contribution is -2.54. The molecule has 0 N–H and O–H groups in total. The highest BCUT2D eigenvalue weighted by atomic mass is 16.5. The van der Waals surface area contributed by atoms with Gasteiger partial charge in [0.25, 0.3) is 0 Å². The Morgan fingerprint density at radius 2 is 2.00 bits per heavy atom. The summed E-state index contributed by atoms with van der Waals surface area (Å²) in [5, 5.41) is 4.10. The van der Waals surface area contributed by atoms with Crippen LogP contribution in [0.1, 0.15) is 19.3 Å². The van der Waals surface area contributed by atoms with Gasteiger partial charge in [-0.25, -0.2) is 4.98 Å². The minimum Gasteiger partial charge on any atom is -0.364 e. The minimum absolute atomic E-state index is 0.637. The van der Waals surface area contributed by atoms with Gasteiger partial charge in [-0.15, -0.1) is 0 Å². The van der Waals surface area contributed by atoms with Crippen molar-refractivity contribution in [3.8, 4) is 11.3 Å². The maximum Gasteiger partial charge on any atom is 0.138 e. The monoisotopic (exact) mass is 353 g/mol. The number of hydrogen-bond acceptors (Lipinski definition) is 6. The molecule has 1 saturated carbocycles. The van der Waals surface area contributed by atoms with Crippen LogP contribution < -0.4 is 4.90 Å². The molecule has 0 aromatic carbocycles. The zero-order chi connectivity index (χ0) is 17.6. The Bertz CT molecular complexity index is 747. The van der Waals surface area contributed by atoms with E-state index in [1.807, 2.05) is 18.3 Å². The van der Waals surface area contributed by atoms with Crippen molar-refractivity contribution in [1.82, 2.24) is 19.9 Å². The third kappa shape index (κ3) is 2.81. The van der Waals surface area contributed by atoms with E-state index in [9.17, 15) is 0 Å². The summed E-state index contributed by atoms with van der Waals surface area (Å²) in [4.78, 5) is 12.2. The zero-order valence-corrected chi connectivity index (χ0v) is 15.5. The van der Waals surface area contributed by atoms with E-state index in [-0.39, 0.29) is 0 Å². The Morgan fingerprint density at radius 3 is 2.73 bits per heavy atom. The van der Waals surface area contributed by atoms with Crippen LogP contribution in [0.5, 0.6) is 0 Å². The lowest BCUT2D eigenvalue weighted by Gasteiger charge is -2.47. The van der Waals surface area contributed by atoms with Crippen LogP contribution in [0.15, 0.2) is 35.2 Å². The number of piperazine rings is 1. The summed E-state index contributed by atoms with van der Waals surface area (Å²) in [6, 6.07) is 6.74. The molecule has 1 atom stereocenters. The lowest BCUT2D eigenvalue weighted by atomic mass is 9.78.